The highest BCUT2D eigenvalue weighted by Crippen LogP contribution is 2.41. The molecule has 4 nitrogen and oxygen atoms in total. The lowest BCUT2D eigenvalue weighted by Crippen LogP contribution is -2.03. The van der Waals surface area contributed by atoms with E-state index in [9.17, 15) is 0 Å². The molecule has 3 aromatic heterocycles. The van der Waals surface area contributed by atoms with Crippen LogP contribution >= 0.6 is 11.3 Å². The second-order valence-corrected chi connectivity index (χ2v) is 13.6. The van der Waals surface area contributed by atoms with E-state index in [4.69, 9.17) is 9.97 Å². The van der Waals surface area contributed by atoms with Gasteiger partial charge in [-0.2, -0.15) is 4.98 Å². The van der Waals surface area contributed by atoms with E-state index in [2.05, 4.69) is 167 Å². The standard InChI is InChI=1S/C45H28N4S/c1-2-10-29(11-3-1)32-12-8-13-33(26-32)30-20-22-31(23-21-30)44-46-28-47-45(48-44)49-40-18-6-4-14-36(40)37-25-24-34(27-41(37)49)35-16-9-17-39-38-15-5-7-19-42(38)50-43(35)39/h1-28H. The Morgan fingerprint density at radius 3 is 1.92 bits per heavy atom. The zero-order chi connectivity index (χ0) is 33.0. The number of benzene rings is 7. The Bertz CT molecular complexity index is 2870. The van der Waals surface area contributed by atoms with E-state index in [0.29, 0.717) is 11.8 Å². The molecular weight excluding hydrogens is 629 g/mol. The van der Waals surface area contributed by atoms with Gasteiger partial charge in [-0.05, 0) is 57.6 Å². The fourth-order valence-electron chi connectivity index (χ4n) is 7.18. The summed E-state index contributed by atoms with van der Waals surface area (Å²) in [6.07, 6.45) is 1.62. The lowest BCUT2D eigenvalue weighted by atomic mass is 9.98. The van der Waals surface area contributed by atoms with Crippen molar-refractivity contribution in [3.63, 3.8) is 0 Å². The van der Waals surface area contributed by atoms with Crippen LogP contribution in [0.25, 0.3) is 92.7 Å². The van der Waals surface area contributed by atoms with Crippen molar-refractivity contribution in [3.05, 3.63) is 170 Å². The molecule has 50 heavy (non-hydrogen) atoms. The maximum atomic E-state index is 5.07. The lowest BCUT2D eigenvalue weighted by Gasteiger charge is -2.10. The molecule has 0 radical (unpaired) electrons. The largest absolute Gasteiger partial charge is 0.278 e. The molecule has 0 N–H and O–H groups in total. The Morgan fingerprint density at radius 2 is 1.06 bits per heavy atom. The van der Waals surface area contributed by atoms with Crippen molar-refractivity contribution in [2.24, 2.45) is 0 Å². The summed E-state index contributed by atoms with van der Waals surface area (Å²) in [4.78, 5) is 14.4. The number of rotatable bonds is 5. The van der Waals surface area contributed by atoms with Crippen LogP contribution in [0, 0.1) is 0 Å². The number of thiophene rings is 1. The summed E-state index contributed by atoms with van der Waals surface area (Å²) in [5, 5.41) is 4.92. The van der Waals surface area contributed by atoms with E-state index < -0.39 is 0 Å². The fourth-order valence-corrected chi connectivity index (χ4v) is 8.42. The van der Waals surface area contributed by atoms with Gasteiger partial charge in [0.25, 0.3) is 0 Å². The molecule has 7 aromatic carbocycles. The van der Waals surface area contributed by atoms with Gasteiger partial charge in [0.1, 0.15) is 6.33 Å². The number of para-hydroxylation sites is 1. The van der Waals surface area contributed by atoms with Crippen molar-refractivity contribution in [1.82, 2.24) is 19.5 Å². The molecule has 10 rings (SSSR count). The van der Waals surface area contributed by atoms with E-state index in [0.717, 1.165) is 32.9 Å². The van der Waals surface area contributed by atoms with E-state index in [1.807, 2.05) is 17.4 Å². The van der Waals surface area contributed by atoms with Crippen molar-refractivity contribution in [2.75, 3.05) is 0 Å². The summed E-state index contributed by atoms with van der Waals surface area (Å²) >= 11 is 1.85. The molecule has 234 valence electrons. The predicted octanol–water partition coefficient (Wildman–Crippen LogP) is 12.0. The molecule has 0 saturated heterocycles. The van der Waals surface area contributed by atoms with Gasteiger partial charge in [-0.1, -0.05) is 140 Å². The Hall–Kier alpha value is -6.43. The summed E-state index contributed by atoms with van der Waals surface area (Å²) in [6, 6.07) is 58.2. The molecule has 0 aliphatic rings. The molecule has 0 amide bonds. The van der Waals surface area contributed by atoms with Crippen LogP contribution in [0.2, 0.25) is 0 Å². The first-order valence-corrected chi connectivity index (χ1v) is 17.5. The third kappa shape index (κ3) is 4.71. The van der Waals surface area contributed by atoms with Gasteiger partial charge in [-0.25, -0.2) is 9.97 Å². The first-order valence-electron chi connectivity index (χ1n) is 16.7. The molecule has 3 heterocycles. The molecule has 0 unspecified atom stereocenters. The summed E-state index contributed by atoms with van der Waals surface area (Å²) in [6.45, 7) is 0. The molecule has 10 aromatic rings. The van der Waals surface area contributed by atoms with Crippen LogP contribution < -0.4 is 0 Å². The predicted molar refractivity (Wildman–Crippen MR) is 209 cm³/mol. The minimum atomic E-state index is 0.595. The molecule has 0 aliphatic heterocycles. The Labute approximate surface area is 292 Å². The SMILES string of the molecule is c1ccc(-c2cccc(-c3ccc(-c4ncnc(-n5c6ccccc6c6ccc(-c7cccc8c7sc7ccccc78)cc65)n4)cc3)c2)cc1. The molecule has 0 fully saturated rings. The van der Waals surface area contributed by atoms with Crippen LogP contribution in [0.5, 0.6) is 0 Å². The minimum Gasteiger partial charge on any atom is -0.278 e. The molecule has 5 heteroatoms. The van der Waals surface area contributed by atoms with Crippen molar-refractivity contribution < 1.29 is 0 Å². The molecule has 0 bridgehead atoms. The Kier molecular flexibility index (Phi) is 6.64. The zero-order valence-corrected chi connectivity index (χ0v) is 27.7. The number of hydrogen-bond donors (Lipinski definition) is 0. The zero-order valence-electron chi connectivity index (χ0n) is 26.9. The van der Waals surface area contributed by atoms with Crippen molar-refractivity contribution in [2.45, 2.75) is 0 Å². The van der Waals surface area contributed by atoms with Gasteiger partial charge in [0.2, 0.25) is 5.95 Å². The third-order valence-electron chi connectivity index (χ3n) is 9.59. The molecule has 0 aliphatic carbocycles. The monoisotopic (exact) mass is 656 g/mol. The van der Waals surface area contributed by atoms with Gasteiger partial charge in [-0.3, -0.25) is 4.57 Å². The third-order valence-corrected chi connectivity index (χ3v) is 10.8. The quantitative estimate of drug-likeness (QED) is 0.185. The van der Waals surface area contributed by atoms with Gasteiger partial charge in [0.15, 0.2) is 5.82 Å². The smallest absolute Gasteiger partial charge is 0.238 e. The van der Waals surface area contributed by atoms with Crippen molar-refractivity contribution in [1.29, 1.82) is 0 Å². The number of fused-ring (bicyclic) bond motifs is 6. The van der Waals surface area contributed by atoms with E-state index in [1.54, 1.807) is 6.33 Å². The second-order valence-electron chi connectivity index (χ2n) is 12.5. The number of aromatic nitrogens is 4. The maximum Gasteiger partial charge on any atom is 0.238 e. The highest BCUT2D eigenvalue weighted by molar-refractivity contribution is 7.26. The lowest BCUT2D eigenvalue weighted by molar-refractivity contribution is 0.947. The van der Waals surface area contributed by atoms with E-state index in [-0.39, 0.29) is 0 Å². The van der Waals surface area contributed by atoms with Gasteiger partial charge in [-0.15, -0.1) is 11.3 Å². The molecular formula is C45H28N4S. The van der Waals surface area contributed by atoms with E-state index >= 15 is 0 Å². The van der Waals surface area contributed by atoms with Crippen molar-refractivity contribution >= 4 is 53.3 Å². The van der Waals surface area contributed by atoms with E-state index in [1.165, 1.54) is 48.0 Å². The van der Waals surface area contributed by atoms with Gasteiger partial charge >= 0.3 is 0 Å². The summed E-state index contributed by atoms with van der Waals surface area (Å²) in [5.74, 6) is 1.23. The summed E-state index contributed by atoms with van der Waals surface area (Å²) in [7, 11) is 0. The fraction of sp³-hybridized carbons (Fsp3) is 0. The first kappa shape index (κ1) is 28.6. The van der Waals surface area contributed by atoms with Crippen LogP contribution in [-0.4, -0.2) is 19.5 Å². The average molecular weight is 657 g/mol. The number of hydrogen-bond acceptors (Lipinski definition) is 4. The summed E-state index contributed by atoms with van der Waals surface area (Å²) in [5.41, 5.74) is 10.2. The normalized spacial score (nSPS) is 11.6. The maximum absolute atomic E-state index is 5.07. The minimum absolute atomic E-state index is 0.595. The second kappa shape index (κ2) is 11.6. The molecule has 0 saturated carbocycles. The van der Waals surface area contributed by atoms with Crippen LogP contribution in [0.3, 0.4) is 0 Å². The number of nitrogens with zero attached hydrogens (tertiary/aromatic N) is 4. The average Bonchev–Trinajstić information content (AvgIpc) is 3.74. The van der Waals surface area contributed by atoms with Gasteiger partial charge in [0.05, 0.1) is 11.0 Å². The van der Waals surface area contributed by atoms with Gasteiger partial charge in [0, 0.05) is 36.5 Å². The van der Waals surface area contributed by atoms with Crippen LogP contribution in [-0.2, 0) is 0 Å². The molecule has 0 spiro atoms. The highest BCUT2D eigenvalue weighted by Gasteiger charge is 2.17. The van der Waals surface area contributed by atoms with Gasteiger partial charge < -0.3 is 0 Å². The van der Waals surface area contributed by atoms with Crippen molar-refractivity contribution in [3.8, 4) is 50.7 Å². The van der Waals surface area contributed by atoms with Crippen LogP contribution in [0.15, 0.2) is 170 Å². The summed E-state index contributed by atoms with van der Waals surface area (Å²) < 4.78 is 4.78. The Balaban J connectivity index is 1.07. The van der Waals surface area contributed by atoms with Crippen LogP contribution in [0.1, 0.15) is 0 Å². The Morgan fingerprint density at radius 1 is 0.420 bits per heavy atom. The topological polar surface area (TPSA) is 43.6 Å². The molecule has 0 atom stereocenters. The van der Waals surface area contributed by atoms with Crippen LogP contribution in [0.4, 0.5) is 0 Å². The highest BCUT2D eigenvalue weighted by atomic mass is 32.1. The first-order chi connectivity index (χ1) is 24.8.